The molecule has 3 rings (SSSR count). The molecular formula is C21H20N4. The Morgan fingerprint density at radius 1 is 1.08 bits per heavy atom. The van der Waals surface area contributed by atoms with E-state index in [1.165, 1.54) is 0 Å². The van der Waals surface area contributed by atoms with Crippen LogP contribution in [0.2, 0.25) is 0 Å². The van der Waals surface area contributed by atoms with E-state index >= 15 is 0 Å². The van der Waals surface area contributed by atoms with E-state index in [9.17, 15) is 15.8 Å². The lowest BCUT2D eigenvalue weighted by atomic mass is 9.58. The second-order valence-electron chi connectivity index (χ2n) is 7.07. The summed E-state index contributed by atoms with van der Waals surface area (Å²) in [6.07, 6.45) is 3.71. The summed E-state index contributed by atoms with van der Waals surface area (Å²) in [5, 5.41) is 29.6. The number of rotatable bonds is 1. The summed E-state index contributed by atoms with van der Waals surface area (Å²) in [4.78, 5) is 0. The lowest BCUT2D eigenvalue weighted by Gasteiger charge is -2.41. The summed E-state index contributed by atoms with van der Waals surface area (Å²) in [5.41, 5.74) is 10.4. The maximum Gasteiger partial charge on any atom is 0.191 e. The molecule has 0 spiro atoms. The van der Waals surface area contributed by atoms with Gasteiger partial charge in [0.15, 0.2) is 5.41 Å². The van der Waals surface area contributed by atoms with E-state index < -0.39 is 5.41 Å². The van der Waals surface area contributed by atoms with Gasteiger partial charge in [0.1, 0.15) is 6.07 Å². The molecule has 0 radical (unpaired) electrons. The topological polar surface area (TPSA) is 97.4 Å². The number of hydrogen-bond donors (Lipinski definition) is 1. The molecule has 2 aliphatic rings. The first-order valence-electron chi connectivity index (χ1n) is 8.42. The number of fused-ring (bicyclic) bond motifs is 1. The molecule has 0 amide bonds. The predicted molar refractivity (Wildman–Crippen MR) is 94.7 cm³/mol. The highest BCUT2D eigenvalue weighted by Crippen LogP contribution is 2.57. The highest BCUT2D eigenvalue weighted by molar-refractivity contribution is 5.61. The van der Waals surface area contributed by atoms with Crippen LogP contribution < -0.4 is 5.73 Å². The number of nitrogens with two attached hydrogens (primary N) is 1. The Kier molecular flexibility index (Phi) is 3.90. The zero-order chi connectivity index (χ0) is 18.4. The van der Waals surface area contributed by atoms with Crippen LogP contribution in [0, 0.1) is 66.1 Å². The van der Waals surface area contributed by atoms with Crippen LogP contribution in [-0.4, -0.2) is 0 Å². The van der Waals surface area contributed by atoms with Gasteiger partial charge in [0, 0.05) is 5.92 Å². The number of nitrogens with zero attached hydrogens (tertiary/aromatic N) is 3. The molecule has 124 valence electrons. The second kappa shape index (κ2) is 5.80. The fourth-order valence-electron chi connectivity index (χ4n) is 4.69. The van der Waals surface area contributed by atoms with Crippen molar-refractivity contribution in [3.8, 4) is 18.2 Å². The Labute approximate surface area is 148 Å². The second-order valence-corrected chi connectivity index (χ2v) is 7.07. The van der Waals surface area contributed by atoms with Crippen molar-refractivity contribution in [2.45, 2.75) is 39.5 Å². The zero-order valence-corrected chi connectivity index (χ0v) is 14.7. The zero-order valence-electron chi connectivity index (χ0n) is 14.7. The Morgan fingerprint density at radius 2 is 1.68 bits per heavy atom. The van der Waals surface area contributed by atoms with Crippen LogP contribution in [-0.2, 0) is 0 Å². The van der Waals surface area contributed by atoms with Gasteiger partial charge in [-0.1, -0.05) is 23.8 Å². The van der Waals surface area contributed by atoms with Crippen molar-refractivity contribution in [1.82, 2.24) is 0 Å². The van der Waals surface area contributed by atoms with E-state index in [1.54, 1.807) is 0 Å². The molecule has 0 bridgehead atoms. The van der Waals surface area contributed by atoms with Crippen LogP contribution in [0.1, 0.15) is 41.0 Å². The maximum absolute atomic E-state index is 10.00. The standard InChI is InChI=1S/C21H20N4/c1-12-7-13(2)18(14(3)8-12)19-16-6-4-5-15(16)17(9-22)20(25)21(19,10-23)11-24/h5,7-8,16,19H,4,6,25H2,1-3H3/t16-,19-/m0/s1. The van der Waals surface area contributed by atoms with Crippen molar-refractivity contribution >= 4 is 0 Å². The molecule has 2 atom stereocenters. The van der Waals surface area contributed by atoms with Crippen molar-refractivity contribution in [1.29, 1.82) is 15.8 Å². The SMILES string of the molecule is Cc1cc(C)c([C@@H]2[C@H]3CCC=C3C(C#N)=C(N)C2(C#N)C#N)c(C)c1. The molecule has 4 heteroatoms. The largest absolute Gasteiger partial charge is 0.399 e. The summed E-state index contributed by atoms with van der Waals surface area (Å²) in [7, 11) is 0. The average Bonchev–Trinajstić information content (AvgIpc) is 3.03. The molecule has 2 aliphatic carbocycles. The Hall–Kier alpha value is -3.03. The Balaban J connectivity index is 2.39. The molecule has 0 aliphatic heterocycles. The highest BCUT2D eigenvalue weighted by Gasteiger charge is 2.54. The van der Waals surface area contributed by atoms with Crippen LogP contribution in [0.25, 0.3) is 0 Å². The minimum Gasteiger partial charge on any atom is -0.399 e. The third-order valence-electron chi connectivity index (χ3n) is 5.61. The van der Waals surface area contributed by atoms with Gasteiger partial charge in [-0.05, 0) is 61.8 Å². The number of hydrogen-bond acceptors (Lipinski definition) is 4. The van der Waals surface area contributed by atoms with E-state index in [4.69, 9.17) is 5.73 Å². The van der Waals surface area contributed by atoms with Crippen LogP contribution in [0.4, 0.5) is 0 Å². The van der Waals surface area contributed by atoms with Gasteiger partial charge in [-0.15, -0.1) is 0 Å². The number of allylic oxidation sites excluding steroid dienone is 4. The molecule has 4 nitrogen and oxygen atoms in total. The lowest BCUT2D eigenvalue weighted by Crippen LogP contribution is -2.41. The predicted octanol–water partition coefficient (Wildman–Crippen LogP) is 3.82. The number of benzene rings is 1. The van der Waals surface area contributed by atoms with E-state index in [-0.39, 0.29) is 17.5 Å². The first-order chi connectivity index (χ1) is 11.9. The third-order valence-corrected chi connectivity index (χ3v) is 5.61. The minimum absolute atomic E-state index is 0.0265. The summed E-state index contributed by atoms with van der Waals surface area (Å²) in [5.74, 6) is -0.379. The van der Waals surface area contributed by atoms with Gasteiger partial charge in [-0.2, -0.15) is 15.8 Å². The van der Waals surface area contributed by atoms with Gasteiger partial charge in [0.05, 0.1) is 23.4 Å². The van der Waals surface area contributed by atoms with Crippen molar-refractivity contribution in [3.63, 3.8) is 0 Å². The summed E-state index contributed by atoms with van der Waals surface area (Å²) >= 11 is 0. The third kappa shape index (κ3) is 2.17. The van der Waals surface area contributed by atoms with Gasteiger partial charge < -0.3 is 5.73 Å². The molecule has 0 aromatic heterocycles. The highest BCUT2D eigenvalue weighted by atomic mass is 14.7. The fraction of sp³-hybridized carbons (Fsp3) is 0.381. The van der Waals surface area contributed by atoms with Crippen LogP contribution in [0.15, 0.2) is 35.1 Å². The molecule has 1 aromatic rings. The van der Waals surface area contributed by atoms with Gasteiger partial charge in [0.25, 0.3) is 0 Å². The van der Waals surface area contributed by atoms with Crippen LogP contribution in [0.3, 0.4) is 0 Å². The van der Waals surface area contributed by atoms with Crippen LogP contribution >= 0.6 is 0 Å². The van der Waals surface area contributed by atoms with E-state index in [2.05, 4.69) is 30.3 Å². The molecule has 0 unspecified atom stereocenters. The van der Waals surface area contributed by atoms with Crippen molar-refractivity contribution in [2.24, 2.45) is 17.1 Å². The molecular weight excluding hydrogens is 308 g/mol. The Bertz CT molecular complexity index is 907. The number of aryl methyl sites for hydroxylation is 3. The summed E-state index contributed by atoms with van der Waals surface area (Å²) < 4.78 is 0. The average molecular weight is 328 g/mol. The maximum atomic E-state index is 10.00. The quantitative estimate of drug-likeness (QED) is 0.847. The fourth-order valence-corrected chi connectivity index (χ4v) is 4.69. The van der Waals surface area contributed by atoms with E-state index in [0.29, 0.717) is 5.57 Å². The van der Waals surface area contributed by atoms with E-state index in [1.807, 2.05) is 26.8 Å². The van der Waals surface area contributed by atoms with E-state index in [0.717, 1.165) is 40.7 Å². The monoisotopic (exact) mass is 328 g/mol. The van der Waals surface area contributed by atoms with Crippen molar-refractivity contribution < 1.29 is 0 Å². The summed E-state index contributed by atoms with van der Waals surface area (Å²) in [6, 6.07) is 10.7. The molecule has 0 heterocycles. The first-order valence-corrected chi connectivity index (χ1v) is 8.42. The molecule has 1 aromatic carbocycles. The van der Waals surface area contributed by atoms with Crippen molar-refractivity contribution in [3.05, 3.63) is 57.3 Å². The molecule has 2 N–H and O–H groups in total. The summed E-state index contributed by atoms with van der Waals surface area (Å²) in [6.45, 7) is 6.08. The smallest absolute Gasteiger partial charge is 0.191 e. The first kappa shape index (κ1) is 16.8. The minimum atomic E-state index is -1.51. The van der Waals surface area contributed by atoms with Gasteiger partial charge >= 0.3 is 0 Å². The van der Waals surface area contributed by atoms with Crippen LogP contribution in [0.5, 0.6) is 0 Å². The van der Waals surface area contributed by atoms with Crippen molar-refractivity contribution in [2.75, 3.05) is 0 Å². The van der Waals surface area contributed by atoms with Gasteiger partial charge in [-0.3, -0.25) is 0 Å². The normalized spacial score (nSPS) is 23.9. The molecule has 25 heavy (non-hydrogen) atoms. The number of nitriles is 3. The molecule has 0 fully saturated rings. The van der Waals surface area contributed by atoms with Gasteiger partial charge in [0.2, 0.25) is 0 Å². The Morgan fingerprint density at radius 3 is 2.20 bits per heavy atom. The molecule has 0 saturated carbocycles. The molecule has 0 saturated heterocycles. The lowest BCUT2D eigenvalue weighted by molar-refractivity contribution is 0.343. The van der Waals surface area contributed by atoms with Gasteiger partial charge in [-0.25, -0.2) is 0 Å².